The van der Waals surface area contributed by atoms with Crippen molar-refractivity contribution in [3.8, 4) is 63.2 Å². The van der Waals surface area contributed by atoms with Gasteiger partial charge in [-0.15, -0.1) is 0 Å². The number of carbonyl (C=O) groups is 2. The molecular weight excluding hydrogens is 672 g/mol. The Morgan fingerprint density at radius 1 is 0.667 bits per heavy atom. The number of benzene rings is 4. The molecule has 1 aliphatic carbocycles. The predicted octanol–water partition coefficient (Wildman–Crippen LogP) is 3.44. The minimum atomic E-state index is -1.33. The highest BCUT2D eigenvalue weighted by Gasteiger charge is 2.44. The first kappa shape index (κ1) is 33.3. The number of Topliss-reactive ketones (excluding diaryl/α,β-unsaturated/α-hetero) is 1. The fraction of sp³-hybridized carbons (Fsp3) is 0.278. The van der Waals surface area contributed by atoms with Crippen LogP contribution in [0.15, 0.2) is 42.5 Å². The first-order valence-electron chi connectivity index (χ1n) is 15.9. The third-order valence-electron chi connectivity index (χ3n) is 9.64. The zero-order chi connectivity index (χ0) is 36.5. The molecule has 0 amide bonds. The maximum absolute atomic E-state index is 13.6. The van der Waals surface area contributed by atoms with Gasteiger partial charge in [-0.25, -0.2) is 4.79 Å². The van der Waals surface area contributed by atoms with Crippen LogP contribution >= 0.6 is 0 Å². The second-order valence-electron chi connectivity index (χ2n) is 12.9. The Morgan fingerprint density at radius 3 is 1.90 bits per heavy atom. The lowest BCUT2D eigenvalue weighted by Crippen LogP contribution is -2.46. The maximum atomic E-state index is 13.6. The number of aliphatic hydroxyl groups excluding tert-OH is 1. The number of phenolic OH excluding ortho intramolecular Hbond substituents is 9. The van der Waals surface area contributed by atoms with Crippen LogP contribution in [-0.4, -0.2) is 81.1 Å². The zero-order valence-electron chi connectivity index (χ0n) is 26.5. The van der Waals surface area contributed by atoms with Crippen LogP contribution < -0.4 is 9.47 Å². The summed E-state index contributed by atoms with van der Waals surface area (Å²) >= 11 is 0. The molecule has 51 heavy (non-hydrogen) atoms. The van der Waals surface area contributed by atoms with Crippen LogP contribution in [-0.2, 0) is 24.0 Å². The largest absolute Gasteiger partial charge is 0.508 e. The number of rotatable bonds is 4. The summed E-state index contributed by atoms with van der Waals surface area (Å²) in [6.07, 6.45) is -5.29. The number of hydrogen-bond acceptors (Lipinski definition) is 15. The Hall–Kier alpha value is -6.22. The minimum absolute atomic E-state index is 0.0470. The van der Waals surface area contributed by atoms with Gasteiger partial charge in [-0.05, 0) is 36.6 Å². The molecule has 0 saturated carbocycles. The smallest absolute Gasteiger partial charge is 0.338 e. The summed E-state index contributed by atoms with van der Waals surface area (Å²) in [7, 11) is 0. The second-order valence-corrected chi connectivity index (χ2v) is 12.9. The summed E-state index contributed by atoms with van der Waals surface area (Å²) < 4.78 is 18.2. The van der Waals surface area contributed by atoms with E-state index in [0.717, 1.165) is 30.3 Å². The highest BCUT2D eigenvalue weighted by Crippen LogP contribution is 2.49. The topological polar surface area (TPSA) is 264 Å². The molecule has 2 aliphatic heterocycles. The monoisotopic (exact) mass is 704 g/mol. The predicted molar refractivity (Wildman–Crippen MR) is 172 cm³/mol. The number of aliphatic hydroxyl groups is 1. The molecule has 0 fully saturated rings. The van der Waals surface area contributed by atoms with E-state index in [4.69, 9.17) is 14.2 Å². The maximum Gasteiger partial charge on any atom is 0.338 e. The van der Waals surface area contributed by atoms with Crippen LogP contribution in [0.4, 0.5) is 0 Å². The van der Waals surface area contributed by atoms with Gasteiger partial charge in [0, 0.05) is 66.1 Å². The van der Waals surface area contributed by atoms with Crippen molar-refractivity contribution in [2.24, 2.45) is 5.92 Å². The molecular formula is C36H32O15. The van der Waals surface area contributed by atoms with E-state index < -0.39 is 70.8 Å². The normalized spacial score (nSPS) is 22.4. The standard InChI is InChI=1S/C36H32O15/c37-15-6-22(40)19-11-27(45)35(50-28(19)8-15)18-10-26(44)33(47)31-17(18)3-13(1-2-21(31)39)34-30(12-20-23(41)7-16(38)9-29(20)49-34)51-36(48)14-4-24(42)32(46)25(43)5-14/h4-10,13,27,30,34-35,37-38,40-47H,1-3,11-12H2/t13-,27+,30+,34+,35+/m0/s1. The number of ketones is 1. The molecule has 15 heteroatoms. The van der Waals surface area contributed by atoms with Crippen molar-refractivity contribution in [1.29, 1.82) is 0 Å². The quantitative estimate of drug-likeness (QED) is 0.0829. The molecule has 2 heterocycles. The molecule has 0 unspecified atom stereocenters. The van der Waals surface area contributed by atoms with Crippen molar-refractivity contribution in [2.75, 3.05) is 0 Å². The number of aromatic hydroxyl groups is 9. The van der Waals surface area contributed by atoms with Crippen LogP contribution in [0.1, 0.15) is 61.9 Å². The lowest BCUT2D eigenvalue weighted by molar-refractivity contribution is -0.0395. The van der Waals surface area contributed by atoms with E-state index in [1.807, 2.05) is 0 Å². The summed E-state index contributed by atoms with van der Waals surface area (Å²) in [6.45, 7) is 0. The Labute approximate surface area is 288 Å². The number of esters is 1. The fourth-order valence-corrected chi connectivity index (χ4v) is 7.21. The van der Waals surface area contributed by atoms with Crippen LogP contribution in [0.5, 0.6) is 63.2 Å². The Morgan fingerprint density at radius 2 is 1.25 bits per heavy atom. The molecule has 7 rings (SSSR count). The Kier molecular flexibility index (Phi) is 8.01. The number of hydrogen-bond donors (Lipinski definition) is 10. The lowest BCUT2D eigenvalue weighted by atomic mass is 9.82. The van der Waals surface area contributed by atoms with Gasteiger partial charge in [0.1, 0.15) is 46.7 Å². The molecule has 266 valence electrons. The first-order chi connectivity index (χ1) is 24.2. The highest BCUT2D eigenvalue weighted by atomic mass is 16.6. The molecule has 15 nitrogen and oxygen atoms in total. The van der Waals surface area contributed by atoms with Crippen molar-refractivity contribution >= 4 is 11.8 Å². The second kappa shape index (κ2) is 12.3. The molecule has 10 N–H and O–H groups in total. The first-order valence-corrected chi connectivity index (χ1v) is 15.9. The van der Waals surface area contributed by atoms with E-state index in [0.29, 0.717) is 0 Å². The molecule has 0 radical (unpaired) electrons. The van der Waals surface area contributed by atoms with Gasteiger partial charge >= 0.3 is 5.97 Å². The van der Waals surface area contributed by atoms with Crippen LogP contribution in [0, 0.1) is 5.92 Å². The van der Waals surface area contributed by atoms with Gasteiger partial charge < -0.3 is 65.3 Å². The third-order valence-corrected chi connectivity index (χ3v) is 9.64. The number of fused-ring (bicyclic) bond motifs is 3. The molecule has 0 spiro atoms. The van der Waals surface area contributed by atoms with Crippen LogP contribution in [0.2, 0.25) is 0 Å². The van der Waals surface area contributed by atoms with Gasteiger partial charge in [0.15, 0.2) is 40.6 Å². The molecule has 4 aromatic carbocycles. The molecule has 0 aromatic heterocycles. The molecule has 3 aliphatic rings. The van der Waals surface area contributed by atoms with Crippen molar-refractivity contribution in [2.45, 2.75) is 56.5 Å². The fourth-order valence-electron chi connectivity index (χ4n) is 7.21. The molecule has 0 saturated heterocycles. The van der Waals surface area contributed by atoms with Crippen LogP contribution in [0.3, 0.4) is 0 Å². The van der Waals surface area contributed by atoms with Gasteiger partial charge in [0.2, 0.25) is 0 Å². The number of phenols is 9. The lowest BCUT2D eigenvalue weighted by Gasteiger charge is -2.38. The molecule has 5 atom stereocenters. The van der Waals surface area contributed by atoms with Gasteiger partial charge in [-0.2, -0.15) is 0 Å². The number of ether oxygens (including phenoxy) is 3. The van der Waals surface area contributed by atoms with Crippen molar-refractivity contribution in [3.63, 3.8) is 0 Å². The van der Waals surface area contributed by atoms with E-state index >= 15 is 0 Å². The zero-order valence-corrected chi connectivity index (χ0v) is 26.5. The number of carbonyl (C=O) groups excluding carboxylic acids is 2. The van der Waals surface area contributed by atoms with E-state index in [1.54, 1.807) is 0 Å². The van der Waals surface area contributed by atoms with Gasteiger partial charge in [-0.1, -0.05) is 0 Å². The summed E-state index contributed by atoms with van der Waals surface area (Å²) in [5, 5.41) is 104. The van der Waals surface area contributed by atoms with Gasteiger partial charge in [0.05, 0.1) is 17.2 Å². The van der Waals surface area contributed by atoms with E-state index in [1.165, 1.54) is 12.1 Å². The van der Waals surface area contributed by atoms with E-state index in [2.05, 4.69) is 0 Å². The van der Waals surface area contributed by atoms with Gasteiger partial charge in [0.25, 0.3) is 0 Å². The summed E-state index contributed by atoms with van der Waals surface area (Å²) in [6, 6.07) is 7.59. The van der Waals surface area contributed by atoms with Crippen molar-refractivity contribution in [3.05, 3.63) is 75.8 Å². The molecule has 4 aromatic rings. The third kappa shape index (κ3) is 5.80. The average molecular weight is 705 g/mol. The SMILES string of the molecule is O=C(O[C@@H]1Cc2c(O)cc(O)cc2O[C@@H]1[C@H]1CCC(=O)c2c(O)c(O)cc([C@H]3Oc4cc(O)cc(O)c4C[C@H]3O)c2C1)c1cc(O)c(O)c(O)c1. The summed E-state index contributed by atoms with van der Waals surface area (Å²) in [5.41, 5.74) is 0.170. The summed E-state index contributed by atoms with van der Waals surface area (Å²) in [4.78, 5) is 27.0. The van der Waals surface area contributed by atoms with Gasteiger partial charge in [-0.3, -0.25) is 4.79 Å². The average Bonchev–Trinajstić information content (AvgIpc) is 3.24. The minimum Gasteiger partial charge on any atom is -0.508 e. The van der Waals surface area contributed by atoms with Crippen molar-refractivity contribution in [1.82, 2.24) is 0 Å². The highest BCUT2D eigenvalue weighted by molar-refractivity contribution is 6.01. The van der Waals surface area contributed by atoms with E-state index in [9.17, 15) is 60.7 Å². The molecule has 0 bridgehead atoms. The van der Waals surface area contributed by atoms with E-state index in [-0.39, 0.29) is 100.0 Å². The van der Waals surface area contributed by atoms with Crippen LogP contribution in [0.25, 0.3) is 0 Å². The van der Waals surface area contributed by atoms with Crippen molar-refractivity contribution < 1.29 is 74.9 Å². The summed E-state index contributed by atoms with van der Waals surface area (Å²) in [5.74, 6) is -7.26. The Balaban J connectivity index is 1.30. The Bertz CT molecular complexity index is 2080.